The minimum atomic E-state index is 0.510. The lowest BCUT2D eigenvalue weighted by atomic mass is 10.0. The minimum absolute atomic E-state index is 0.510. The number of hydrogen-bond donors (Lipinski definition) is 1. The summed E-state index contributed by atoms with van der Waals surface area (Å²) in [7, 11) is 6.33. The van der Waals surface area contributed by atoms with Gasteiger partial charge in [-0.1, -0.05) is 18.7 Å². The van der Waals surface area contributed by atoms with Crippen LogP contribution < -0.4 is 10.2 Å². The second kappa shape index (κ2) is 9.27. The number of anilines is 2. The Labute approximate surface area is 200 Å². The van der Waals surface area contributed by atoms with E-state index in [0.717, 1.165) is 70.9 Å². The summed E-state index contributed by atoms with van der Waals surface area (Å²) in [5.41, 5.74) is 4.01. The Morgan fingerprint density at radius 1 is 1.03 bits per heavy atom. The van der Waals surface area contributed by atoms with Crippen LogP contribution in [-0.4, -0.2) is 57.6 Å². The van der Waals surface area contributed by atoms with Gasteiger partial charge >= 0.3 is 0 Å². The highest BCUT2D eigenvalue weighted by Gasteiger charge is 2.21. The van der Waals surface area contributed by atoms with Gasteiger partial charge in [-0.25, -0.2) is 15.0 Å². The van der Waals surface area contributed by atoms with Crippen molar-refractivity contribution < 1.29 is 0 Å². The average molecular weight is 454 g/mol. The Morgan fingerprint density at radius 3 is 2.62 bits per heavy atom. The lowest BCUT2D eigenvalue weighted by molar-refractivity contribution is 0.252. The van der Waals surface area contributed by atoms with Gasteiger partial charge in [-0.2, -0.15) is 0 Å². The molecule has 7 nitrogen and oxygen atoms in total. The van der Waals surface area contributed by atoms with Crippen molar-refractivity contribution in [1.82, 2.24) is 24.4 Å². The van der Waals surface area contributed by atoms with E-state index >= 15 is 0 Å². The van der Waals surface area contributed by atoms with Crippen LogP contribution >= 0.6 is 0 Å². The summed E-state index contributed by atoms with van der Waals surface area (Å²) < 4.78 is 2.02. The highest BCUT2D eigenvalue weighted by molar-refractivity contribution is 5.89. The first-order valence-corrected chi connectivity index (χ1v) is 11.7. The molecule has 1 aliphatic heterocycles. The van der Waals surface area contributed by atoms with Crippen molar-refractivity contribution in [2.24, 2.45) is 7.05 Å². The fraction of sp³-hybridized carbons (Fsp3) is 0.296. The standard InChI is InChI=1S/C27H31N7/c1-19(20-7-10-29-27(15-20)34(4)24-8-11-32(2)12-9-24)31-26-14-23-13-21(5-6-22(23)16-30-26)25-17-28-18-33(25)3/h5-7,10,13-18,24H,1,8-9,11-12H2,2-4H3,(H,30,31). The first kappa shape index (κ1) is 22.1. The Balaban J connectivity index is 1.34. The second-order valence-electron chi connectivity index (χ2n) is 9.17. The SMILES string of the molecule is C=C(Nc1cc2cc(-c3cncn3C)ccc2cn1)c1ccnc(N(C)C2CCN(C)CC2)c1. The summed E-state index contributed by atoms with van der Waals surface area (Å²) in [6.45, 7) is 6.53. The number of fused-ring (bicyclic) bond motifs is 1. The highest BCUT2D eigenvalue weighted by atomic mass is 15.2. The van der Waals surface area contributed by atoms with E-state index < -0.39 is 0 Å². The van der Waals surface area contributed by atoms with Crippen molar-refractivity contribution in [2.75, 3.05) is 37.4 Å². The molecule has 1 aromatic carbocycles. The Hall–Kier alpha value is -3.71. The van der Waals surface area contributed by atoms with E-state index in [4.69, 9.17) is 0 Å². The molecule has 0 radical (unpaired) electrons. The van der Waals surface area contributed by atoms with Crippen LogP contribution in [0.25, 0.3) is 27.7 Å². The van der Waals surface area contributed by atoms with Crippen LogP contribution in [0.5, 0.6) is 0 Å². The Bertz CT molecular complexity index is 1320. The van der Waals surface area contributed by atoms with Gasteiger partial charge in [0.2, 0.25) is 0 Å². The number of likely N-dealkylation sites (tertiary alicyclic amines) is 1. The van der Waals surface area contributed by atoms with Gasteiger partial charge in [-0.3, -0.25) is 0 Å². The van der Waals surface area contributed by atoms with E-state index in [1.165, 1.54) is 0 Å². The average Bonchev–Trinajstić information content (AvgIpc) is 3.29. The van der Waals surface area contributed by atoms with Gasteiger partial charge in [0.05, 0.1) is 18.2 Å². The summed E-state index contributed by atoms with van der Waals surface area (Å²) in [5.74, 6) is 1.74. The van der Waals surface area contributed by atoms with Crippen molar-refractivity contribution in [3.8, 4) is 11.3 Å². The number of aromatic nitrogens is 4. The van der Waals surface area contributed by atoms with Gasteiger partial charge in [-0.05, 0) is 62.6 Å². The van der Waals surface area contributed by atoms with Crippen LogP contribution in [0.15, 0.2) is 67.9 Å². The molecule has 4 aromatic rings. The zero-order valence-corrected chi connectivity index (χ0v) is 20.1. The highest BCUT2D eigenvalue weighted by Crippen LogP contribution is 2.27. The van der Waals surface area contributed by atoms with E-state index in [1.54, 1.807) is 0 Å². The van der Waals surface area contributed by atoms with E-state index in [1.807, 2.05) is 42.6 Å². The molecule has 0 saturated carbocycles. The smallest absolute Gasteiger partial charge is 0.130 e. The number of benzene rings is 1. The molecule has 34 heavy (non-hydrogen) atoms. The van der Waals surface area contributed by atoms with Gasteiger partial charge in [-0.15, -0.1) is 0 Å². The van der Waals surface area contributed by atoms with Crippen LogP contribution in [0.4, 0.5) is 11.6 Å². The third kappa shape index (κ3) is 4.52. The zero-order valence-electron chi connectivity index (χ0n) is 20.1. The topological polar surface area (TPSA) is 62.1 Å². The largest absolute Gasteiger partial charge is 0.357 e. The van der Waals surface area contributed by atoms with Crippen LogP contribution in [0.2, 0.25) is 0 Å². The molecular weight excluding hydrogens is 422 g/mol. The molecule has 1 fully saturated rings. The summed E-state index contributed by atoms with van der Waals surface area (Å²) in [6.07, 6.45) is 9.75. The third-order valence-corrected chi connectivity index (χ3v) is 6.80. The van der Waals surface area contributed by atoms with E-state index in [2.05, 4.69) is 81.1 Å². The van der Waals surface area contributed by atoms with Crippen LogP contribution in [0.1, 0.15) is 18.4 Å². The van der Waals surface area contributed by atoms with Gasteiger partial charge in [0.25, 0.3) is 0 Å². The van der Waals surface area contributed by atoms with Gasteiger partial charge < -0.3 is 19.7 Å². The van der Waals surface area contributed by atoms with Crippen molar-refractivity contribution >= 4 is 28.1 Å². The van der Waals surface area contributed by atoms with Crippen LogP contribution in [0.3, 0.4) is 0 Å². The number of aryl methyl sites for hydroxylation is 1. The van der Waals surface area contributed by atoms with Gasteiger partial charge in [0.15, 0.2) is 0 Å². The van der Waals surface area contributed by atoms with Crippen molar-refractivity contribution in [2.45, 2.75) is 18.9 Å². The number of nitrogens with one attached hydrogen (secondary N) is 1. The number of hydrogen-bond acceptors (Lipinski definition) is 6. The maximum Gasteiger partial charge on any atom is 0.130 e. The normalized spacial score (nSPS) is 14.9. The molecule has 174 valence electrons. The van der Waals surface area contributed by atoms with Gasteiger partial charge in [0, 0.05) is 54.7 Å². The predicted molar refractivity (Wildman–Crippen MR) is 140 cm³/mol. The fourth-order valence-corrected chi connectivity index (χ4v) is 4.60. The molecule has 0 spiro atoms. The molecule has 0 unspecified atom stereocenters. The monoisotopic (exact) mass is 453 g/mol. The van der Waals surface area contributed by atoms with E-state index in [-0.39, 0.29) is 0 Å². The molecule has 4 heterocycles. The minimum Gasteiger partial charge on any atom is -0.357 e. The molecule has 3 aromatic heterocycles. The molecule has 1 aliphatic rings. The summed E-state index contributed by atoms with van der Waals surface area (Å²) >= 11 is 0. The molecule has 0 aliphatic carbocycles. The number of pyridine rings is 2. The predicted octanol–water partition coefficient (Wildman–Crippen LogP) is 4.64. The molecule has 5 rings (SSSR count). The zero-order chi connectivity index (χ0) is 23.7. The fourth-order valence-electron chi connectivity index (χ4n) is 4.60. The third-order valence-electron chi connectivity index (χ3n) is 6.80. The molecule has 0 amide bonds. The molecular formula is C27H31N7. The first-order chi connectivity index (χ1) is 16.5. The number of piperidine rings is 1. The second-order valence-corrected chi connectivity index (χ2v) is 9.17. The maximum absolute atomic E-state index is 4.63. The van der Waals surface area contributed by atoms with Crippen molar-refractivity contribution in [3.63, 3.8) is 0 Å². The van der Waals surface area contributed by atoms with E-state index in [0.29, 0.717) is 6.04 Å². The summed E-state index contributed by atoms with van der Waals surface area (Å²) in [6, 6.07) is 13.0. The Morgan fingerprint density at radius 2 is 1.85 bits per heavy atom. The first-order valence-electron chi connectivity index (χ1n) is 11.7. The Kier molecular flexibility index (Phi) is 6.02. The number of rotatable bonds is 6. The van der Waals surface area contributed by atoms with Crippen LogP contribution in [-0.2, 0) is 7.05 Å². The van der Waals surface area contributed by atoms with Gasteiger partial charge in [0.1, 0.15) is 11.6 Å². The maximum atomic E-state index is 4.63. The van der Waals surface area contributed by atoms with Crippen molar-refractivity contribution in [1.29, 1.82) is 0 Å². The summed E-state index contributed by atoms with van der Waals surface area (Å²) in [4.78, 5) is 18.2. The van der Waals surface area contributed by atoms with Crippen molar-refractivity contribution in [3.05, 3.63) is 73.5 Å². The lowest BCUT2D eigenvalue weighted by Gasteiger charge is -2.35. The van der Waals surface area contributed by atoms with Crippen LogP contribution in [0, 0.1) is 0 Å². The molecule has 1 N–H and O–H groups in total. The molecule has 7 heteroatoms. The summed E-state index contributed by atoms with van der Waals surface area (Å²) in [5, 5.41) is 5.59. The van der Waals surface area contributed by atoms with E-state index in [9.17, 15) is 0 Å². The number of imidazole rings is 1. The quantitative estimate of drug-likeness (QED) is 0.459. The number of nitrogens with zero attached hydrogens (tertiary/aromatic N) is 6. The molecule has 1 saturated heterocycles. The lowest BCUT2D eigenvalue weighted by Crippen LogP contribution is -2.42. The molecule has 0 bridgehead atoms. The molecule has 0 atom stereocenters.